The van der Waals surface area contributed by atoms with E-state index in [1.165, 1.54) is 19.2 Å². The molecule has 0 aliphatic carbocycles. The second-order valence-electron chi connectivity index (χ2n) is 12.4. The first-order valence-electron chi connectivity index (χ1n) is 15.3. The van der Waals surface area contributed by atoms with E-state index in [-0.39, 0.29) is 53.3 Å². The monoisotopic (exact) mass is 670 g/mol. The van der Waals surface area contributed by atoms with Crippen molar-refractivity contribution in [2.24, 2.45) is 11.1 Å². The molecule has 0 bridgehead atoms. The number of benzene rings is 3. The zero-order chi connectivity index (χ0) is 33.9. The van der Waals surface area contributed by atoms with Gasteiger partial charge in [-0.05, 0) is 31.4 Å². The highest BCUT2D eigenvalue weighted by molar-refractivity contribution is 6.34. The number of fused-ring (bicyclic) bond motifs is 1. The van der Waals surface area contributed by atoms with Crippen LogP contribution in [0.2, 0.25) is 5.02 Å². The number of nitriles is 1. The maximum Gasteiger partial charge on any atom is 0.404 e. The molecule has 9 nitrogen and oxygen atoms in total. The summed E-state index contributed by atoms with van der Waals surface area (Å²) in [6.07, 6.45) is -0.999. The predicted molar refractivity (Wildman–Crippen MR) is 169 cm³/mol. The number of ether oxygens (including phenoxy) is 6. The lowest BCUT2D eigenvalue weighted by atomic mass is 9.71. The van der Waals surface area contributed by atoms with Gasteiger partial charge in [-0.1, -0.05) is 62.7 Å². The SMILES string of the molecule is COC1c2c(cc(F)c(Cl)c2-c2c(C#N)ccc(OCCOC3CCCCO3)c2F)OC1(c1ccccc1)C(OC(N)=O)C(C)(C)C. The van der Waals surface area contributed by atoms with Crippen LogP contribution in [-0.4, -0.2) is 45.4 Å². The molecule has 1 saturated heterocycles. The third kappa shape index (κ3) is 6.61. The van der Waals surface area contributed by atoms with Crippen LogP contribution < -0.4 is 15.2 Å². The summed E-state index contributed by atoms with van der Waals surface area (Å²) in [6, 6.07) is 14.5. The first kappa shape index (κ1) is 34.4. The molecular formula is C35H37ClF2N2O7. The zero-order valence-electron chi connectivity index (χ0n) is 26.6. The maximum absolute atomic E-state index is 16.5. The van der Waals surface area contributed by atoms with Gasteiger partial charge in [-0.25, -0.2) is 13.6 Å². The molecule has 4 unspecified atom stereocenters. The van der Waals surface area contributed by atoms with E-state index in [4.69, 9.17) is 45.8 Å². The third-order valence-corrected chi connectivity index (χ3v) is 8.65. The average molecular weight is 671 g/mol. The lowest BCUT2D eigenvalue weighted by Gasteiger charge is -2.45. The molecule has 0 aromatic heterocycles. The van der Waals surface area contributed by atoms with Crippen molar-refractivity contribution in [2.45, 2.75) is 64.1 Å². The normalized spacial score (nSPS) is 21.3. The van der Waals surface area contributed by atoms with E-state index >= 15 is 8.78 Å². The third-order valence-electron chi connectivity index (χ3n) is 8.28. The molecule has 1 fully saturated rings. The highest BCUT2D eigenvalue weighted by atomic mass is 35.5. The Hall–Kier alpha value is -3.95. The molecule has 250 valence electrons. The molecule has 12 heteroatoms. The van der Waals surface area contributed by atoms with Crippen LogP contribution in [-0.2, 0) is 24.5 Å². The van der Waals surface area contributed by atoms with Crippen molar-refractivity contribution in [1.82, 2.24) is 0 Å². The number of hydrogen-bond acceptors (Lipinski definition) is 8. The van der Waals surface area contributed by atoms with Crippen molar-refractivity contribution in [2.75, 3.05) is 26.9 Å². The number of carbonyl (C=O) groups excluding carboxylic acids is 1. The molecule has 0 radical (unpaired) electrons. The number of nitrogens with zero attached hydrogens (tertiary/aromatic N) is 1. The number of rotatable bonds is 10. The van der Waals surface area contributed by atoms with Gasteiger partial charge in [0.2, 0.25) is 5.60 Å². The van der Waals surface area contributed by atoms with Gasteiger partial charge >= 0.3 is 6.09 Å². The predicted octanol–water partition coefficient (Wildman–Crippen LogP) is 7.56. The molecule has 0 spiro atoms. The zero-order valence-corrected chi connectivity index (χ0v) is 27.4. The Balaban J connectivity index is 1.66. The highest BCUT2D eigenvalue weighted by Crippen LogP contribution is 2.60. The van der Waals surface area contributed by atoms with E-state index in [1.807, 2.05) is 26.8 Å². The first-order valence-corrected chi connectivity index (χ1v) is 15.7. The number of nitrogens with two attached hydrogens (primary N) is 1. The van der Waals surface area contributed by atoms with Crippen molar-refractivity contribution in [3.63, 3.8) is 0 Å². The molecule has 2 aliphatic heterocycles. The molecular weight excluding hydrogens is 634 g/mol. The summed E-state index contributed by atoms with van der Waals surface area (Å²) in [5, 5.41) is 9.63. The molecule has 2 N–H and O–H groups in total. The Morgan fingerprint density at radius 1 is 1.15 bits per heavy atom. The lowest BCUT2D eigenvalue weighted by molar-refractivity contribution is -0.165. The highest BCUT2D eigenvalue weighted by Gasteiger charge is 2.62. The van der Waals surface area contributed by atoms with Crippen LogP contribution in [0.3, 0.4) is 0 Å². The molecule has 3 aromatic carbocycles. The average Bonchev–Trinajstić information content (AvgIpc) is 3.37. The Bertz CT molecular complexity index is 1650. The lowest BCUT2D eigenvalue weighted by Crippen LogP contribution is -2.55. The van der Waals surface area contributed by atoms with Gasteiger partial charge in [0.25, 0.3) is 0 Å². The summed E-state index contributed by atoms with van der Waals surface area (Å²) in [4.78, 5) is 12.3. The number of methoxy groups -OCH3 is 1. The van der Waals surface area contributed by atoms with Crippen molar-refractivity contribution in [3.05, 3.63) is 81.9 Å². The fourth-order valence-corrected chi connectivity index (χ4v) is 6.65. The number of halogens is 3. The van der Waals surface area contributed by atoms with Crippen LogP contribution in [0.15, 0.2) is 48.5 Å². The molecule has 1 amide bonds. The Morgan fingerprint density at radius 2 is 1.89 bits per heavy atom. The minimum atomic E-state index is -1.66. The van der Waals surface area contributed by atoms with Crippen molar-refractivity contribution in [3.8, 4) is 28.7 Å². The Kier molecular flexibility index (Phi) is 10.3. The minimum absolute atomic E-state index is 0.0181. The fourth-order valence-electron chi connectivity index (χ4n) is 6.40. The molecule has 2 heterocycles. The molecule has 47 heavy (non-hydrogen) atoms. The first-order chi connectivity index (χ1) is 22.4. The van der Waals surface area contributed by atoms with Crippen LogP contribution in [0.1, 0.15) is 62.8 Å². The van der Waals surface area contributed by atoms with E-state index in [2.05, 4.69) is 0 Å². The summed E-state index contributed by atoms with van der Waals surface area (Å²) in [5.74, 6) is -2.12. The minimum Gasteiger partial charge on any atom is -0.488 e. The smallest absolute Gasteiger partial charge is 0.404 e. The van der Waals surface area contributed by atoms with Gasteiger partial charge < -0.3 is 34.2 Å². The van der Waals surface area contributed by atoms with E-state index < -0.39 is 46.0 Å². The van der Waals surface area contributed by atoms with Gasteiger partial charge in [-0.2, -0.15) is 5.26 Å². The fraction of sp³-hybridized carbons (Fsp3) is 0.429. The quantitative estimate of drug-likeness (QED) is 0.219. The maximum atomic E-state index is 16.5. The van der Waals surface area contributed by atoms with E-state index in [0.29, 0.717) is 12.2 Å². The van der Waals surface area contributed by atoms with Gasteiger partial charge in [-0.15, -0.1) is 0 Å². The molecule has 5 rings (SSSR count). The Morgan fingerprint density at radius 3 is 2.51 bits per heavy atom. The molecule has 3 aromatic rings. The summed E-state index contributed by atoms with van der Waals surface area (Å²) in [5.41, 5.74) is 3.14. The van der Waals surface area contributed by atoms with Crippen molar-refractivity contribution < 1.29 is 42.0 Å². The molecule has 4 atom stereocenters. The van der Waals surface area contributed by atoms with E-state index in [1.54, 1.807) is 30.3 Å². The summed E-state index contributed by atoms with van der Waals surface area (Å²) in [7, 11) is 1.39. The number of hydrogen-bond donors (Lipinski definition) is 1. The van der Waals surface area contributed by atoms with Crippen LogP contribution in [0, 0.1) is 28.4 Å². The molecule has 0 saturated carbocycles. The summed E-state index contributed by atoms with van der Waals surface area (Å²) in [6.45, 7) is 6.17. The van der Waals surface area contributed by atoms with E-state index in [0.717, 1.165) is 25.3 Å². The van der Waals surface area contributed by atoms with E-state index in [9.17, 15) is 10.1 Å². The number of carbonyl (C=O) groups is 1. The van der Waals surface area contributed by atoms with Crippen LogP contribution in [0.5, 0.6) is 11.5 Å². The number of primary amides is 1. The van der Waals surface area contributed by atoms with Crippen molar-refractivity contribution in [1.29, 1.82) is 5.26 Å². The largest absolute Gasteiger partial charge is 0.488 e. The van der Waals surface area contributed by atoms with Crippen LogP contribution >= 0.6 is 11.6 Å². The van der Waals surface area contributed by atoms with Gasteiger partial charge in [0, 0.05) is 47.5 Å². The summed E-state index contributed by atoms with van der Waals surface area (Å²) >= 11 is 6.65. The second kappa shape index (κ2) is 14.0. The van der Waals surface area contributed by atoms with Crippen LogP contribution in [0.25, 0.3) is 11.1 Å². The second-order valence-corrected chi connectivity index (χ2v) is 12.8. The Labute approximate surface area is 277 Å². The standard InChI is InChI=1S/C35H37ClF2N2O7/c1-34(2,3)32(46-33(40)41)35(21-10-6-5-7-11-21)31(42-4)27-24(47-35)18-22(37)29(36)28(27)26-20(19-39)13-14-23(30(26)38)43-16-17-45-25-12-8-9-15-44-25/h5-7,10-11,13-14,18,25,31-32H,8-9,12,15-17H2,1-4H3,(H2,40,41). The van der Waals surface area contributed by atoms with Crippen molar-refractivity contribution >= 4 is 17.7 Å². The van der Waals surface area contributed by atoms with Crippen LogP contribution in [0.4, 0.5) is 13.6 Å². The summed E-state index contributed by atoms with van der Waals surface area (Å²) < 4.78 is 67.7. The van der Waals surface area contributed by atoms with Gasteiger partial charge in [0.05, 0.1) is 23.3 Å². The van der Waals surface area contributed by atoms with Gasteiger partial charge in [0.1, 0.15) is 24.3 Å². The topological polar surface area (TPSA) is 122 Å². The van der Waals surface area contributed by atoms with Gasteiger partial charge in [0.15, 0.2) is 24.0 Å². The number of amides is 1. The van der Waals surface area contributed by atoms with Gasteiger partial charge in [-0.3, -0.25) is 0 Å². The molecule has 2 aliphatic rings.